The van der Waals surface area contributed by atoms with E-state index >= 15 is 0 Å². The van der Waals surface area contributed by atoms with Crippen LogP contribution in [0, 0.1) is 0 Å². The average molecular weight is 240 g/mol. The Morgan fingerprint density at radius 2 is 1.89 bits per heavy atom. The van der Waals surface area contributed by atoms with Gasteiger partial charge in [0.1, 0.15) is 0 Å². The van der Waals surface area contributed by atoms with E-state index < -0.39 is 0 Å². The molecule has 1 unspecified atom stereocenters. The summed E-state index contributed by atoms with van der Waals surface area (Å²) in [6.45, 7) is 4.32. The molecule has 0 spiro atoms. The molecule has 0 bridgehead atoms. The number of rotatable bonds is 3. The third-order valence-electron chi connectivity index (χ3n) is 3.35. The molecule has 1 aromatic rings. The topological polar surface area (TPSA) is 9.23 Å². The first kappa shape index (κ1) is 12.8. The molecule has 0 fully saturated rings. The number of hydrogen-bond acceptors (Lipinski definition) is 1. The first-order valence-corrected chi connectivity index (χ1v) is 6.44. The van der Waals surface area contributed by atoms with Gasteiger partial charge in [-0.3, -0.25) is 0 Å². The van der Waals surface area contributed by atoms with Crippen molar-refractivity contribution in [3.05, 3.63) is 65.3 Å². The summed E-state index contributed by atoms with van der Waals surface area (Å²) < 4.78 is 5.48. The van der Waals surface area contributed by atoms with Crippen molar-refractivity contribution in [2.45, 2.75) is 26.4 Å². The maximum absolute atomic E-state index is 5.48. The SMILES string of the molecule is CCC1=C(c2ccccc2)C=CC(OC)C(C)=C1. The summed E-state index contributed by atoms with van der Waals surface area (Å²) in [5, 5.41) is 0. The van der Waals surface area contributed by atoms with E-state index in [1.807, 2.05) is 0 Å². The predicted molar refractivity (Wildman–Crippen MR) is 77.3 cm³/mol. The van der Waals surface area contributed by atoms with Crippen molar-refractivity contribution in [1.29, 1.82) is 0 Å². The molecule has 0 heterocycles. The van der Waals surface area contributed by atoms with E-state index in [-0.39, 0.29) is 6.10 Å². The minimum atomic E-state index is 0.0905. The van der Waals surface area contributed by atoms with Crippen LogP contribution in [0.5, 0.6) is 0 Å². The van der Waals surface area contributed by atoms with Crippen LogP contribution in [0.2, 0.25) is 0 Å². The molecule has 1 aliphatic rings. The number of benzene rings is 1. The van der Waals surface area contributed by atoms with Crippen LogP contribution in [-0.2, 0) is 4.74 Å². The minimum Gasteiger partial charge on any atom is -0.373 e. The molecular formula is C17H20O. The third kappa shape index (κ3) is 2.62. The summed E-state index contributed by atoms with van der Waals surface area (Å²) in [5.74, 6) is 0. The Morgan fingerprint density at radius 3 is 2.50 bits per heavy atom. The highest BCUT2D eigenvalue weighted by Gasteiger charge is 2.12. The molecule has 1 nitrogen and oxygen atoms in total. The van der Waals surface area contributed by atoms with Crippen LogP contribution in [0.4, 0.5) is 0 Å². The molecule has 1 heteroatoms. The van der Waals surface area contributed by atoms with Crippen molar-refractivity contribution in [2.75, 3.05) is 7.11 Å². The molecule has 0 aliphatic heterocycles. The number of hydrogen-bond donors (Lipinski definition) is 0. The van der Waals surface area contributed by atoms with Gasteiger partial charge < -0.3 is 4.74 Å². The molecule has 0 saturated carbocycles. The van der Waals surface area contributed by atoms with E-state index in [2.05, 4.69) is 62.4 Å². The molecule has 18 heavy (non-hydrogen) atoms. The first-order valence-electron chi connectivity index (χ1n) is 6.44. The van der Waals surface area contributed by atoms with E-state index in [0.717, 1.165) is 6.42 Å². The smallest absolute Gasteiger partial charge is 0.0966 e. The second-order valence-electron chi connectivity index (χ2n) is 4.56. The molecule has 0 radical (unpaired) electrons. The molecule has 0 saturated heterocycles. The second kappa shape index (κ2) is 5.83. The molecule has 1 aromatic carbocycles. The lowest BCUT2D eigenvalue weighted by atomic mass is 9.98. The van der Waals surface area contributed by atoms with Crippen LogP contribution < -0.4 is 0 Å². The first-order chi connectivity index (χ1) is 8.76. The van der Waals surface area contributed by atoms with Gasteiger partial charge in [0.2, 0.25) is 0 Å². The highest BCUT2D eigenvalue weighted by Crippen LogP contribution is 2.28. The van der Waals surface area contributed by atoms with Crippen LogP contribution >= 0.6 is 0 Å². The van der Waals surface area contributed by atoms with Crippen LogP contribution in [0.1, 0.15) is 25.8 Å². The van der Waals surface area contributed by atoms with Crippen molar-refractivity contribution >= 4 is 5.57 Å². The van der Waals surface area contributed by atoms with Crippen molar-refractivity contribution in [2.24, 2.45) is 0 Å². The standard InChI is InChI=1S/C17H20O/c1-4-14-12-13(2)17(18-3)11-10-16(14)15-8-6-5-7-9-15/h5-12,17H,4H2,1-3H3. The van der Waals surface area contributed by atoms with Gasteiger partial charge >= 0.3 is 0 Å². The summed E-state index contributed by atoms with van der Waals surface area (Å²) in [6, 6.07) is 10.5. The summed E-state index contributed by atoms with van der Waals surface area (Å²) in [5.41, 5.74) is 5.20. The maximum atomic E-state index is 5.48. The fourth-order valence-electron chi connectivity index (χ4n) is 2.33. The van der Waals surface area contributed by atoms with Gasteiger partial charge in [0.25, 0.3) is 0 Å². The second-order valence-corrected chi connectivity index (χ2v) is 4.56. The molecule has 0 amide bonds. The molecule has 1 aliphatic carbocycles. The highest BCUT2D eigenvalue weighted by molar-refractivity contribution is 5.79. The van der Waals surface area contributed by atoms with Gasteiger partial charge in [0.15, 0.2) is 0 Å². The normalized spacial score (nSPS) is 19.7. The Bertz CT molecular complexity index is 492. The molecule has 94 valence electrons. The molecule has 1 atom stereocenters. The van der Waals surface area contributed by atoms with E-state index in [4.69, 9.17) is 4.74 Å². The lowest BCUT2D eigenvalue weighted by molar-refractivity contribution is 0.168. The van der Waals surface area contributed by atoms with Crippen molar-refractivity contribution in [3.8, 4) is 0 Å². The van der Waals surface area contributed by atoms with Gasteiger partial charge in [-0.15, -0.1) is 0 Å². The molecular weight excluding hydrogens is 220 g/mol. The minimum absolute atomic E-state index is 0.0905. The fourth-order valence-corrected chi connectivity index (χ4v) is 2.33. The Morgan fingerprint density at radius 1 is 1.17 bits per heavy atom. The lowest BCUT2D eigenvalue weighted by Gasteiger charge is -2.10. The predicted octanol–water partition coefficient (Wildman–Crippen LogP) is 4.38. The molecule has 2 rings (SSSR count). The zero-order valence-corrected chi connectivity index (χ0v) is 11.3. The quantitative estimate of drug-likeness (QED) is 0.761. The van der Waals surface area contributed by atoms with Crippen LogP contribution in [-0.4, -0.2) is 13.2 Å². The summed E-state index contributed by atoms with van der Waals surface area (Å²) >= 11 is 0. The van der Waals surface area contributed by atoms with Gasteiger partial charge in [-0.2, -0.15) is 0 Å². The Hall–Kier alpha value is -1.60. The third-order valence-corrected chi connectivity index (χ3v) is 3.35. The van der Waals surface area contributed by atoms with Gasteiger partial charge in [-0.05, 0) is 35.6 Å². The van der Waals surface area contributed by atoms with Gasteiger partial charge in [0, 0.05) is 7.11 Å². The summed E-state index contributed by atoms with van der Waals surface area (Å²) in [4.78, 5) is 0. The lowest BCUT2D eigenvalue weighted by Crippen LogP contribution is -2.07. The van der Waals surface area contributed by atoms with Gasteiger partial charge in [-0.1, -0.05) is 55.5 Å². The summed E-state index contributed by atoms with van der Waals surface area (Å²) in [6.07, 6.45) is 7.71. The number of ether oxygens (including phenoxy) is 1. The van der Waals surface area contributed by atoms with Crippen LogP contribution in [0.15, 0.2) is 59.7 Å². The van der Waals surface area contributed by atoms with Crippen molar-refractivity contribution in [3.63, 3.8) is 0 Å². The summed E-state index contributed by atoms with van der Waals surface area (Å²) in [7, 11) is 1.76. The fraction of sp³-hybridized carbons (Fsp3) is 0.294. The largest absolute Gasteiger partial charge is 0.373 e. The number of methoxy groups -OCH3 is 1. The van der Waals surface area contributed by atoms with E-state index in [1.165, 1.54) is 22.3 Å². The van der Waals surface area contributed by atoms with Gasteiger partial charge in [0.05, 0.1) is 6.10 Å². The molecule has 0 N–H and O–H groups in total. The van der Waals surface area contributed by atoms with E-state index in [1.54, 1.807) is 7.11 Å². The van der Waals surface area contributed by atoms with Gasteiger partial charge in [-0.25, -0.2) is 0 Å². The monoisotopic (exact) mass is 240 g/mol. The zero-order chi connectivity index (χ0) is 13.0. The maximum Gasteiger partial charge on any atom is 0.0966 e. The van der Waals surface area contributed by atoms with Crippen molar-refractivity contribution < 1.29 is 4.74 Å². The zero-order valence-electron chi connectivity index (χ0n) is 11.3. The number of allylic oxidation sites excluding steroid dienone is 4. The average Bonchev–Trinajstić information content (AvgIpc) is 2.58. The highest BCUT2D eigenvalue weighted by atomic mass is 16.5. The Kier molecular flexibility index (Phi) is 4.16. The van der Waals surface area contributed by atoms with Crippen LogP contribution in [0.3, 0.4) is 0 Å². The van der Waals surface area contributed by atoms with E-state index in [0.29, 0.717) is 0 Å². The Balaban J connectivity index is 2.49. The Labute approximate surface area is 109 Å². The van der Waals surface area contributed by atoms with E-state index in [9.17, 15) is 0 Å². The van der Waals surface area contributed by atoms with Crippen molar-refractivity contribution in [1.82, 2.24) is 0 Å². The molecule has 0 aromatic heterocycles. The van der Waals surface area contributed by atoms with Crippen LogP contribution in [0.25, 0.3) is 5.57 Å².